The molecule has 1 amide bonds. The van der Waals surface area contributed by atoms with Gasteiger partial charge in [-0.3, -0.25) is 4.79 Å². The van der Waals surface area contributed by atoms with E-state index in [1.54, 1.807) is 6.92 Å². The highest BCUT2D eigenvalue weighted by atomic mass is 16.5. The summed E-state index contributed by atoms with van der Waals surface area (Å²) < 4.78 is 10.5. The minimum atomic E-state index is -0.527. The molecule has 0 saturated heterocycles. The van der Waals surface area contributed by atoms with E-state index in [0.29, 0.717) is 19.6 Å². The maximum Gasteiger partial charge on any atom is 0.219 e. The number of aldehydes is 1. The number of aliphatic hydroxyl groups is 2. The van der Waals surface area contributed by atoms with Gasteiger partial charge in [0.25, 0.3) is 0 Å². The molecule has 0 rings (SSSR count). The van der Waals surface area contributed by atoms with E-state index in [1.165, 1.54) is 0 Å². The Morgan fingerprint density at radius 2 is 1.79 bits per heavy atom. The predicted octanol–water partition coefficient (Wildman–Crippen LogP) is -0.909. The van der Waals surface area contributed by atoms with Crippen LogP contribution in [0.25, 0.3) is 0 Å². The standard InChI is InChI=1S/C11H21NO5.CH4O/c1-11(7-14,8-16-5-2-4-13)9-17-6-3-10(12)15;1-2/h4,14H,2-3,5-9H2,1H3,(H2,12,15);2H,1H3. The van der Waals surface area contributed by atoms with Crippen LogP contribution < -0.4 is 5.73 Å². The SMILES string of the molecule is CC(CO)(COCCC=O)COCCC(N)=O.CO. The van der Waals surface area contributed by atoms with Gasteiger partial charge in [-0.05, 0) is 0 Å². The molecule has 1 atom stereocenters. The van der Waals surface area contributed by atoms with Gasteiger partial charge in [-0.1, -0.05) is 6.92 Å². The number of hydrogen-bond acceptors (Lipinski definition) is 6. The first kappa shape index (κ1) is 20.3. The van der Waals surface area contributed by atoms with Crippen LogP contribution in [-0.2, 0) is 19.1 Å². The van der Waals surface area contributed by atoms with Crippen molar-refractivity contribution in [3.63, 3.8) is 0 Å². The second-order valence-electron chi connectivity index (χ2n) is 4.25. The lowest BCUT2D eigenvalue weighted by molar-refractivity contribution is -0.119. The van der Waals surface area contributed by atoms with Gasteiger partial charge in [0.1, 0.15) is 6.29 Å². The summed E-state index contributed by atoms with van der Waals surface area (Å²) in [6.45, 7) is 2.86. The molecule has 0 aliphatic heterocycles. The van der Waals surface area contributed by atoms with Crippen LogP contribution in [-0.4, -0.2) is 62.6 Å². The first-order valence-corrected chi connectivity index (χ1v) is 5.97. The molecule has 1 unspecified atom stereocenters. The van der Waals surface area contributed by atoms with Crippen molar-refractivity contribution in [3.8, 4) is 0 Å². The molecule has 0 aliphatic carbocycles. The summed E-state index contributed by atoms with van der Waals surface area (Å²) in [6.07, 6.45) is 1.27. The highest BCUT2D eigenvalue weighted by Gasteiger charge is 2.24. The molecule has 0 heterocycles. The average molecular weight is 279 g/mol. The molecular weight excluding hydrogens is 254 g/mol. The van der Waals surface area contributed by atoms with Crippen LogP contribution in [0.2, 0.25) is 0 Å². The van der Waals surface area contributed by atoms with Crippen LogP contribution in [0, 0.1) is 5.41 Å². The fraction of sp³-hybridized carbons (Fsp3) is 0.833. The molecule has 0 saturated carbocycles. The maximum atomic E-state index is 10.5. The first-order chi connectivity index (χ1) is 9.04. The van der Waals surface area contributed by atoms with Crippen molar-refractivity contribution in [3.05, 3.63) is 0 Å². The maximum absolute atomic E-state index is 10.5. The summed E-state index contributed by atoms with van der Waals surface area (Å²) in [4.78, 5) is 20.5. The Bertz CT molecular complexity index is 236. The number of primary amides is 1. The quantitative estimate of drug-likeness (QED) is 0.333. The molecule has 19 heavy (non-hydrogen) atoms. The number of carbonyl (C=O) groups is 2. The van der Waals surface area contributed by atoms with Gasteiger partial charge >= 0.3 is 0 Å². The molecule has 4 N–H and O–H groups in total. The highest BCUT2D eigenvalue weighted by Crippen LogP contribution is 2.16. The molecule has 0 radical (unpaired) electrons. The van der Waals surface area contributed by atoms with E-state index in [0.717, 1.165) is 13.4 Å². The van der Waals surface area contributed by atoms with Gasteiger partial charge in [-0.2, -0.15) is 0 Å². The van der Waals surface area contributed by atoms with Crippen molar-refractivity contribution in [1.29, 1.82) is 0 Å². The number of amides is 1. The molecule has 0 fully saturated rings. The van der Waals surface area contributed by atoms with Crippen LogP contribution in [0.5, 0.6) is 0 Å². The number of rotatable bonds is 11. The summed E-state index contributed by atoms with van der Waals surface area (Å²) in [7, 11) is 1.00. The van der Waals surface area contributed by atoms with E-state index < -0.39 is 11.3 Å². The van der Waals surface area contributed by atoms with Crippen molar-refractivity contribution >= 4 is 12.2 Å². The minimum Gasteiger partial charge on any atom is -0.400 e. The van der Waals surface area contributed by atoms with E-state index in [-0.39, 0.29) is 26.2 Å². The van der Waals surface area contributed by atoms with E-state index in [9.17, 15) is 14.7 Å². The Hall–Kier alpha value is -1.02. The zero-order chi connectivity index (χ0) is 15.1. The van der Waals surface area contributed by atoms with E-state index >= 15 is 0 Å². The smallest absolute Gasteiger partial charge is 0.219 e. The molecule has 0 spiro atoms. The normalized spacial score (nSPS) is 13.1. The second-order valence-corrected chi connectivity index (χ2v) is 4.25. The molecule has 0 aromatic carbocycles. The molecule has 0 aromatic rings. The fourth-order valence-electron chi connectivity index (χ4n) is 1.07. The zero-order valence-electron chi connectivity index (χ0n) is 11.6. The van der Waals surface area contributed by atoms with Gasteiger partial charge < -0.3 is 30.2 Å². The van der Waals surface area contributed by atoms with Crippen LogP contribution in [0.1, 0.15) is 19.8 Å². The molecule has 7 heteroatoms. The van der Waals surface area contributed by atoms with Crippen molar-refractivity contribution in [2.24, 2.45) is 11.1 Å². The van der Waals surface area contributed by atoms with Gasteiger partial charge in [0.05, 0.1) is 33.0 Å². The summed E-state index contributed by atoms with van der Waals surface area (Å²) in [5, 5.41) is 16.2. The summed E-state index contributed by atoms with van der Waals surface area (Å²) in [5.41, 5.74) is 4.43. The molecule has 0 aliphatic rings. The number of nitrogens with two attached hydrogens (primary N) is 1. The van der Waals surface area contributed by atoms with Crippen LogP contribution in [0.15, 0.2) is 0 Å². The fourth-order valence-corrected chi connectivity index (χ4v) is 1.07. The van der Waals surface area contributed by atoms with Crippen LogP contribution in [0.4, 0.5) is 0 Å². The van der Waals surface area contributed by atoms with Gasteiger partial charge in [0.15, 0.2) is 0 Å². The van der Waals surface area contributed by atoms with Gasteiger partial charge in [0, 0.05) is 25.4 Å². The lowest BCUT2D eigenvalue weighted by Gasteiger charge is -2.26. The molecule has 0 aromatic heterocycles. The number of ether oxygens (including phenoxy) is 2. The summed E-state index contributed by atoms with van der Waals surface area (Å²) in [5.74, 6) is -0.419. The van der Waals surface area contributed by atoms with Crippen molar-refractivity contribution < 1.29 is 29.3 Å². The van der Waals surface area contributed by atoms with E-state index in [2.05, 4.69) is 0 Å². The lowest BCUT2D eigenvalue weighted by atomic mass is 9.94. The van der Waals surface area contributed by atoms with E-state index in [4.69, 9.17) is 20.3 Å². The second kappa shape index (κ2) is 13.4. The zero-order valence-corrected chi connectivity index (χ0v) is 11.6. The van der Waals surface area contributed by atoms with Crippen LogP contribution in [0.3, 0.4) is 0 Å². The Balaban J connectivity index is 0. The Kier molecular flexibility index (Phi) is 14.3. The number of carbonyl (C=O) groups excluding carboxylic acids is 2. The lowest BCUT2D eigenvalue weighted by Crippen LogP contribution is -2.33. The molecule has 0 bridgehead atoms. The van der Waals surface area contributed by atoms with Gasteiger partial charge in [-0.15, -0.1) is 0 Å². The van der Waals surface area contributed by atoms with E-state index in [1.807, 2.05) is 0 Å². The average Bonchev–Trinajstić information content (AvgIpc) is 2.42. The summed E-state index contributed by atoms with van der Waals surface area (Å²) >= 11 is 0. The topological polar surface area (TPSA) is 119 Å². The Morgan fingerprint density at radius 1 is 1.26 bits per heavy atom. The predicted molar refractivity (Wildman–Crippen MR) is 69.5 cm³/mol. The Labute approximate surface area is 113 Å². The Morgan fingerprint density at radius 3 is 2.21 bits per heavy atom. The summed E-state index contributed by atoms with van der Waals surface area (Å²) in [6, 6.07) is 0. The van der Waals surface area contributed by atoms with Gasteiger partial charge in [-0.25, -0.2) is 0 Å². The number of aliphatic hydroxyl groups excluding tert-OH is 2. The third-order valence-electron chi connectivity index (χ3n) is 2.16. The van der Waals surface area contributed by atoms with Crippen LogP contribution >= 0.6 is 0 Å². The van der Waals surface area contributed by atoms with Crippen molar-refractivity contribution in [2.75, 3.05) is 40.1 Å². The van der Waals surface area contributed by atoms with Gasteiger partial charge in [0.2, 0.25) is 5.91 Å². The highest BCUT2D eigenvalue weighted by molar-refractivity contribution is 5.73. The van der Waals surface area contributed by atoms with Crippen molar-refractivity contribution in [2.45, 2.75) is 19.8 Å². The van der Waals surface area contributed by atoms with Crippen molar-refractivity contribution in [1.82, 2.24) is 0 Å². The molecule has 7 nitrogen and oxygen atoms in total. The minimum absolute atomic E-state index is 0.0926. The molecule has 114 valence electrons. The monoisotopic (exact) mass is 279 g/mol. The molecular formula is C12H25NO6. The third-order valence-corrected chi connectivity index (χ3v) is 2.16. The third kappa shape index (κ3) is 13.2. The number of hydrogen-bond donors (Lipinski definition) is 3. The first-order valence-electron chi connectivity index (χ1n) is 5.97. The largest absolute Gasteiger partial charge is 0.400 e.